The fraction of sp³-hybridized carbons (Fsp3) is 0.937. The highest BCUT2D eigenvalue weighted by Gasteiger charge is 2.30. The van der Waals surface area contributed by atoms with E-state index < -0.39 is 97.5 Å². The molecule has 17 nitrogen and oxygen atoms in total. The first kappa shape index (κ1) is 80.1. The Bertz CT molecular complexity index is 1620. The van der Waals surface area contributed by atoms with E-state index in [9.17, 15) is 43.2 Å². The van der Waals surface area contributed by atoms with Crippen LogP contribution in [-0.4, -0.2) is 96.7 Å². The Morgan fingerprint density at radius 3 is 0.927 bits per heavy atom. The average Bonchev–Trinajstić information content (AvgIpc) is 3.46. The third-order valence-corrected chi connectivity index (χ3v) is 16.7. The first-order valence-electron chi connectivity index (χ1n) is 33.0. The zero-order valence-electron chi connectivity index (χ0n) is 52.8. The number of phosphoric acid groups is 2. The van der Waals surface area contributed by atoms with Gasteiger partial charge in [-0.05, 0) is 37.5 Å². The Kier molecular flexibility index (Phi) is 54.3. The van der Waals surface area contributed by atoms with Crippen molar-refractivity contribution in [3.8, 4) is 0 Å². The van der Waals surface area contributed by atoms with Gasteiger partial charge < -0.3 is 33.8 Å². The molecule has 0 rings (SSSR count). The van der Waals surface area contributed by atoms with E-state index in [2.05, 4.69) is 41.5 Å². The average molecular weight is 1210 g/mol. The highest BCUT2D eigenvalue weighted by Crippen LogP contribution is 2.45. The number of rotatable bonds is 62. The summed E-state index contributed by atoms with van der Waals surface area (Å²) < 4.78 is 67.9. The molecule has 3 unspecified atom stereocenters. The van der Waals surface area contributed by atoms with Crippen LogP contribution in [0.2, 0.25) is 0 Å². The second-order valence-electron chi connectivity index (χ2n) is 23.5. The van der Waals surface area contributed by atoms with Gasteiger partial charge in [-0.1, -0.05) is 260 Å². The maximum Gasteiger partial charge on any atom is 0.472 e. The largest absolute Gasteiger partial charge is 0.472 e. The van der Waals surface area contributed by atoms with Crippen LogP contribution in [0.25, 0.3) is 0 Å². The standard InChI is InChI=1S/C63H122O17P2/c1-7-10-12-14-16-18-19-23-27-34-40-46-61(66)74-51-58(79-62(67)47-41-35-28-24-20-22-25-31-37-43-55(4)5)53-77-81(69,70)75-49-57(64)50-76-82(71,72)78-54-59(52-73-60(65)45-39-33-26-21-17-15-13-11-8-2)80-63(68)48-42-36-30-29-32-38-44-56(6)9-3/h55-59,64H,7-54H2,1-6H3,(H,69,70)(H,71,72)/t56?,57-,58-,59-/m1/s1. The van der Waals surface area contributed by atoms with Crippen molar-refractivity contribution in [1.29, 1.82) is 0 Å². The molecule has 0 saturated carbocycles. The summed E-state index contributed by atoms with van der Waals surface area (Å²) in [6.45, 7) is 9.40. The number of ether oxygens (including phenoxy) is 4. The molecule has 0 fully saturated rings. The lowest BCUT2D eigenvalue weighted by molar-refractivity contribution is -0.161. The van der Waals surface area contributed by atoms with Gasteiger partial charge in [0.25, 0.3) is 0 Å². The number of esters is 4. The molecule has 0 aliphatic carbocycles. The maximum absolute atomic E-state index is 13.0. The van der Waals surface area contributed by atoms with Crippen LogP contribution in [0.4, 0.5) is 0 Å². The van der Waals surface area contributed by atoms with Crippen molar-refractivity contribution < 1.29 is 80.2 Å². The molecule has 0 amide bonds. The minimum Gasteiger partial charge on any atom is -0.462 e. The molecule has 82 heavy (non-hydrogen) atoms. The van der Waals surface area contributed by atoms with Gasteiger partial charge in [0.05, 0.1) is 26.4 Å². The van der Waals surface area contributed by atoms with Gasteiger partial charge in [-0.2, -0.15) is 0 Å². The van der Waals surface area contributed by atoms with Crippen LogP contribution in [0.3, 0.4) is 0 Å². The highest BCUT2D eigenvalue weighted by atomic mass is 31.2. The molecule has 0 aromatic carbocycles. The predicted molar refractivity (Wildman–Crippen MR) is 326 cm³/mol. The van der Waals surface area contributed by atoms with Gasteiger partial charge in [-0.3, -0.25) is 37.3 Å². The monoisotopic (exact) mass is 1210 g/mol. The molecular weight excluding hydrogens is 1090 g/mol. The molecule has 0 radical (unpaired) electrons. The van der Waals surface area contributed by atoms with Gasteiger partial charge in [-0.25, -0.2) is 9.13 Å². The molecule has 0 aromatic heterocycles. The zero-order valence-corrected chi connectivity index (χ0v) is 54.6. The lowest BCUT2D eigenvalue weighted by atomic mass is 10.00. The minimum atomic E-state index is -4.94. The molecule has 486 valence electrons. The summed E-state index contributed by atoms with van der Waals surface area (Å²) in [6, 6.07) is 0. The number of hydrogen-bond acceptors (Lipinski definition) is 15. The first-order chi connectivity index (χ1) is 39.4. The molecule has 0 aliphatic rings. The fourth-order valence-corrected chi connectivity index (χ4v) is 10.9. The second-order valence-corrected chi connectivity index (χ2v) is 26.4. The van der Waals surface area contributed by atoms with Gasteiger partial charge in [-0.15, -0.1) is 0 Å². The Hall–Kier alpha value is -1.94. The number of carbonyl (C=O) groups excluding carboxylic acids is 4. The zero-order chi connectivity index (χ0) is 60.8. The number of carbonyl (C=O) groups is 4. The van der Waals surface area contributed by atoms with Crippen LogP contribution < -0.4 is 0 Å². The van der Waals surface area contributed by atoms with Gasteiger partial charge in [0.1, 0.15) is 19.3 Å². The maximum atomic E-state index is 13.0. The topological polar surface area (TPSA) is 237 Å². The molecule has 0 saturated heterocycles. The minimum absolute atomic E-state index is 0.103. The van der Waals surface area contributed by atoms with Crippen molar-refractivity contribution in [3.05, 3.63) is 0 Å². The van der Waals surface area contributed by atoms with E-state index >= 15 is 0 Å². The van der Waals surface area contributed by atoms with Crippen molar-refractivity contribution in [3.63, 3.8) is 0 Å². The number of aliphatic hydroxyl groups is 1. The Morgan fingerprint density at radius 2 is 0.622 bits per heavy atom. The Balaban J connectivity index is 5.25. The van der Waals surface area contributed by atoms with Crippen molar-refractivity contribution >= 4 is 39.5 Å². The lowest BCUT2D eigenvalue weighted by Gasteiger charge is -2.21. The van der Waals surface area contributed by atoms with E-state index in [1.165, 1.54) is 128 Å². The highest BCUT2D eigenvalue weighted by molar-refractivity contribution is 7.47. The molecule has 6 atom stereocenters. The van der Waals surface area contributed by atoms with Gasteiger partial charge >= 0.3 is 39.5 Å². The van der Waals surface area contributed by atoms with E-state index in [0.29, 0.717) is 25.7 Å². The van der Waals surface area contributed by atoms with Crippen LogP contribution in [0.1, 0.15) is 311 Å². The van der Waals surface area contributed by atoms with E-state index in [0.717, 1.165) is 102 Å². The lowest BCUT2D eigenvalue weighted by Crippen LogP contribution is -2.30. The van der Waals surface area contributed by atoms with Gasteiger partial charge in [0.15, 0.2) is 12.2 Å². The summed E-state index contributed by atoms with van der Waals surface area (Å²) in [5.41, 5.74) is 0. The summed E-state index contributed by atoms with van der Waals surface area (Å²) in [5.74, 6) is -0.681. The molecule has 0 aromatic rings. The first-order valence-corrected chi connectivity index (χ1v) is 36.0. The van der Waals surface area contributed by atoms with Crippen LogP contribution in [0.15, 0.2) is 0 Å². The van der Waals surface area contributed by atoms with E-state index in [-0.39, 0.29) is 25.7 Å². The number of unbranched alkanes of at least 4 members (excludes halogenated alkanes) is 31. The fourth-order valence-electron chi connectivity index (χ4n) is 9.32. The smallest absolute Gasteiger partial charge is 0.462 e. The molecule has 0 heterocycles. The third-order valence-electron chi connectivity index (χ3n) is 14.8. The van der Waals surface area contributed by atoms with Crippen LogP contribution in [0, 0.1) is 11.8 Å². The van der Waals surface area contributed by atoms with Crippen LogP contribution >= 0.6 is 15.6 Å². The van der Waals surface area contributed by atoms with E-state index in [4.69, 9.17) is 37.0 Å². The summed E-state index contributed by atoms with van der Waals surface area (Å²) in [7, 11) is -9.88. The molecule has 0 spiro atoms. The summed E-state index contributed by atoms with van der Waals surface area (Å²) in [6.07, 6.45) is 37.5. The van der Waals surface area contributed by atoms with Crippen molar-refractivity contribution in [2.45, 2.75) is 330 Å². The van der Waals surface area contributed by atoms with Crippen molar-refractivity contribution in [1.82, 2.24) is 0 Å². The van der Waals surface area contributed by atoms with E-state index in [1.807, 2.05) is 0 Å². The Morgan fingerprint density at radius 1 is 0.354 bits per heavy atom. The third kappa shape index (κ3) is 55.9. The van der Waals surface area contributed by atoms with E-state index in [1.54, 1.807) is 0 Å². The molecule has 3 N–H and O–H groups in total. The summed E-state index contributed by atoms with van der Waals surface area (Å²) in [5, 5.41) is 10.5. The van der Waals surface area contributed by atoms with Gasteiger partial charge in [0.2, 0.25) is 0 Å². The number of phosphoric ester groups is 2. The normalized spacial score (nSPS) is 14.7. The van der Waals surface area contributed by atoms with Crippen molar-refractivity contribution in [2.75, 3.05) is 39.6 Å². The van der Waals surface area contributed by atoms with Crippen LogP contribution in [0.5, 0.6) is 0 Å². The van der Waals surface area contributed by atoms with Gasteiger partial charge in [0, 0.05) is 25.7 Å². The predicted octanol–water partition coefficient (Wildman–Crippen LogP) is 17.3. The molecule has 19 heteroatoms. The van der Waals surface area contributed by atoms with Crippen LogP contribution in [-0.2, 0) is 65.4 Å². The summed E-state index contributed by atoms with van der Waals surface area (Å²) >= 11 is 0. The number of aliphatic hydroxyl groups excluding tert-OH is 1. The second kappa shape index (κ2) is 55.6. The molecular formula is C63H122O17P2. The van der Waals surface area contributed by atoms with Crippen molar-refractivity contribution in [2.24, 2.45) is 11.8 Å². The molecule has 0 bridgehead atoms. The Labute approximate surface area is 498 Å². The summed E-state index contributed by atoms with van der Waals surface area (Å²) in [4.78, 5) is 72.1. The number of hydrogen-bond donors (Lipinski definition) is 3. The molecule has 0 aliphatic heterocycles. The quantitative estimate of drug-likeness (QED) is 0.0222. The SMILES string of the molecule is CCCCCCCCCCCCCC(=O)OC[C@H](COP(=O)(O)OC[C@@H](O)COP(=O)(O)OC[C@@H](COC(=O)CCCCCCCCCCC)OC(=O)CCCCCCCCC(C)CC)OC(=O)CCCCCCCCCCCC(C)C.